The second-order valence-corrected chi connectivity index (χ2v) is 7.10. The van der Waals surface area contributed by atoms with Gasteiger partial charge in [0.05, 0.1) is 23.0 Å². The molecule has 0 amide bonds. The van der Waals surface area contributed by atoms with E-state index >= 15 is 0 Å². The smallest absolute Gasteiger partial charge is 0.293 e. The zero-order valence-electron chi connectivity index (χ0n) is 16.5. The quantitative estimate of drug-likeness (QED) is 0.778. The monoisotopic (exact) mass is 382 g/mol. The number of nitrogens with one attached hydrogen (secondary N) is 2. The van der Waals surface area contributed by atoms with E-state index in [1.54, 1.807) is 18.5 Å². The molecule has 0 saturated carbocycles. The summed E-state index contributed by atoms with van der Waals surface area (Å²) < 4.78 is 4.55. The van der Waals surface area contributed by atoms with Crippen LogP contribution in [-0.4, -0.2) is 48.2 Å². The molecule has 8 heteroatoms. The molecule has 2 N–H and O–H groups in total. The lowest BCUT2D eigenvalue weighted by atomic mass is 10.1. The molecule has 148 valence electrons. The van der Waals surface area contributed by atoms with Crippen LogP contribution >= 0.6 is 0 Å². The average molecular weight is 382 g/mol. The molecule has 0 radical (unpaired) electrons. The normalized spacial score (nSPS) is 13.6. The number of nitrogens with zero attached hydrogens (tertiary/aromatic N) is 4. The fraction of sp³-hybridized carbons (Fsp3) is 0.400. The van der Waals surface area contributed by atoms with Gasteiger partial charge in [-0.3, -0.25) is 4.79 Å². The van der Waals surface area contributed by atoms with E-state index in [9.17, 15) is 4.79 Å². The van der Waals surface area contributed by atoms with Gasteiger partial charge in [-0.15, -0.1) is 0 Å². The first-order valence-electron chi connectivity index (χ1n) is 9.08. The molecule has 2 heterocycles. The maximum absolute atomic E-state index is 9.60. The first-order chi connectivity index (χ1) is 13.4. The van der Waals surface area contributed by atoms with Crippen LogP contribution in [0, 0.1) is 11.3 Å². The van der Waals surface area contributed by atoms with Crippen LogP contribution in [0.1, 0.15) is 26.3 Å². The number of piperazine rings is 1. The van der Waals surface area contributed by atoms with E-state index in [0.717, 1.165) is 37.6 Å². The second-order valence-electron chi connectivity index (χ2n) is 7.10. The van der Waals surface area contributed by atoms with E-state index in [4.69, 9.17) is 5.26 Å². The Morgan fingerprint density at radius 1 is 1.25 bits per heavy atom. The largest absolute Gasteiger partial charge is 0.462 e. The summed E-state index contributed by atoms with van der Waals surface area (Å²) in [5.74, 6) is 0.531. The Labute approximate surface area is 165 Å². The molecular formula is C20H26N6O2. The number of benzene rings is 1. The molecule has 8 nitrogen and oxygen atoms in total. The highest BCUT2D eigenvalue weighted by Crippen LogP contribution is 2.29. The first kappa shape index (κ1) is 21.1. The molecule has 1 aliphatic heterocycles. The maximum Gasteiger partial charge on any atom is 0.293 e. The number of rotatable bonds is 4. The topological polar surface area (TPSA) is 103 Å². The lowest BCUT2D eigenvalue weighted by Gasteiger charge is -2.31. The van der Waals surface area contributed by atoms with Crippen molar-refractivity contribution >= 4 is 23.8 Å². The molecule has 0 aliphatic carbocycles. The van der Waals surface area contributed by atoms with Crippen molar-refractivity contribution < 1.29 is 9.53 Å². The highest BCUT2D eigenvalue weighted by molar-refractivity contribution is 5.75. The molecule has 0 atom stereocenters. The fourth-order valence-corrected chi connectivity index (χ4v) is 2.52. The van der Waals surface area contributed by atoms with Crippen LogP contribution < -0.4 is 15.5 Å². The number of ether oxygens (including phenoxy) is 1. The zero-order chi connectivity index (χ0) is 20.4. The molecule has 0 spiro atoms. The average Bonchev–Trinajstić information content (AvgIpc) is 2.69. The number of carbonyl (C=O) groups is 1. The molecule has 1 aliphatic rings. The van der Waals surface area contributed by atoms with Gasteiger partial charge >= 0.3 is 0 Å². The highest BCUT2D eigenvalue weighted by atomic mass is 16.5. The third-order valence-electron chi connectivity index (χ3n) is 3.80. The molecule has 2 aromatic rings. The van der Waals surface area contributed by atoms with Crippen molar-refractivity contribution in [1.29, 1.82) is 5.26 Å². The lowest BCUT2D eigenvalue weighted by molar-refractivity contribution is -0.138. The van der Waals surface area contributed by atoms with E-state index in [1.807, 2.05) is 39.0 Å². The van der Waals surface area contributed by atoms with Crippen LogP contribution in [0.2, 0.25) is 0 Å². The molecule has 1 saturated heterocycles. The Bertz CT molecular complexity index is 793. The van der Waals surface area contributed by atoms with Gasteiger partial charge in [-0.25, -0.2) is 9.97 Å². The molecule has 3 rings (SSSR count). The second kappa shape index (κ2) is 10.2. The Hall–Kier alpha value is -3.18. The number of carbonyl (C=O) groups excluding carboxylic acids is 1. The van der Waals surface area contributed by atoms with Gasteiger partial charge in [-0.05, 0) is 45.0 Å². The maximum atomic E-state index is 9.60. The molecular weight excluding hydrogens is 356 g/mol. The molecule has 1 fully saturated rings. The number of anilines is 3. The van der Waals surface area contributed by atoms with Crippen molar-refractivity contribution in [3.05, 3.63) is 42.2 Å². The van der Waals surface area contributed by atoms with Gasteiger partial charge in [0.1, 0.15) is 5.60 Å². The molecule has 1 aromatic heterocycles. The summed E-state index contributed by atoms with van der Waals surface area (Å²) in [5.41, 5.74) is 2.24. The summed E-state index contributed by atoms with van der Waals surface area (Å²) in [4.78, 5) is 20.3. The summed E-state index contributed by atoms with van der Waals surface area (Å²) in [6.45, 7) is 9.72. The van der Waals surface area contributed by atoms with Crippen molar-refractivity contribution in [2.75, 3.05) is 36.4 Å². The van der Waals surface area contributed by atoms with E-state index in [-0.39, 0.29) is 5.60 Å². The fourth-order valence-electron chi connectivity index (χ4n) is 2.52. The molecule has 1 aromatic carbocycles. The van der Waals surface area contributed by atoms with E-state index in [2.05, 4.69) is 36.3 Å². The molecule has 0 bridgehead atoms. The van der Waals surface area contributed by atoms with E-state index in [0.29, 0.717) is 18.0 Å². The van der Waals surface area contributed by atoms with Crippen LogP contribution in [0.4, 0.5) is 17.3 Å². The molecule has 0 unspecified atom stereocenters. The highest BCUT2D eigenvalue weighted by Gasteiger charge is 2.15. The van der Waals surface area contributed by atoms with Gasteiger partial charge in [-0.2, -0.15) is 5.26 Å². The van der Waals surface area contributed by atoms with Gasteiger partial charge in [0, 0.05) is 38.6 Å². The lowest BCUT2D eigenvalue weighted by Crippen LogP contribution is -2.43. The standard InChI is InChI=1S/C15H16N6.C5H10O2/c16-11-12-2-3-14(21-8-6-17-7-9-21)13(10-12)20-15-18-4-1-5-19-15;1-5(2,3)7-4-6/h1-5,10,17H,6-9H2,(H,18,19,20);4H,1-3H3. The molecule has 28 heavy (non-hydrogen) atoms. The van der Waals surface area contributed by atoms with E-state index in [1.165, 1.54) is 0 Å². The van der Waals surface area contributed by atoms with Gasteiger partial charge < -0.3 is 20.3 Å². The van der Waals surface area contributed by atoms with Crippen molar-refractivity contribution in [3.63, 3.8) is 0 Å². The minimum Gasteiger partial charge on any atom is -0.462 e. The summed E-state index contributed by atoms with van der Waals surface area (Å²) in [5, 5.41) is 15.6. The Kier molecular flexibility index (Phi) is 7.72. The van der Waals surface area contributed by atoms with Crippen LogP contribution in [0.25, 0.3) is 0 Å². The minimum atomic E-state index is -0.318. The summed E-state index contributed by atoms with van der Waals surface area (Å²) in [6, 6.07) is 9.61. The SMILES string of the molecule is CC(C)(C)OC=O.N#Cc1ccc(N2CCNCC2)c(Nc2ncccn2)c1. The van der Waals surface area contributed by atoms with Crippen LogP contribution in [0.5, 0.6) is 0 Å². The first-order valence-corrected chi connectivity index (χ1v) is 9.08. The van der Waals surface area contributed by atoms with Gasteiger partial charge in [0.2, 0.25) is 5.95 Å². The Morgan fingerprint density at radius 3 is 2.46 bits per heavy atom. The predicted molar refractivity (Wildman–Crippen MR) is 108 cm³/mol. The van der Waals surface area contributed by atoms with Gasteiger partial charge in [-0.1, -0.05) is 0 Å². The van der Waals surface area contributed by atoms with Crippen molar-refractivity contribution in [2.45, 2.75) is 26.4 Å². The number of aromatic nitrogens is 2. The van der Waals surface area contributed by atoms with Crippen LogP contribution in [0.3, 0.4) is 0 Å². The number of hydrogen-bond donors (Lipinski definition) is 2. The van der Waals surface area contributed by atoms with Crippen molar-refractivity contribution in [2.24, 2.45) is 0 Å². The number of hydrogen-bond acceptors (Lipinski definition) is 8. The van der Waals surface area contributed by atoms with E-state index < -0.39 is 0 Å². The Balaban J connectivity index is 0.000000345. The summed E-state index contributed by atoms with van der Waals surface area (Å²) >= 11 is 0. The predicted octanol–water partition coefficient (Wildman–Crippen LogP) is 2.46. The van der Waals surface area contributed by atoms with Crippen molar-refractivity contribution in [1.82, 2.24) is 15.3 Å². The third kappa shape index (κ3) is 6.85. The Morgan fingerprint density at radius 2 is 1.93 bits per heavy atom. The van der Waals surface area contributed by atoms with Crippen molar-refractivity contribution in [3.8, 4) is 6.07 Å². The minimum absolute atomic E-state index is 0.318. The zero-order valence-corrected chi connectivity index (χ0v) is 16.5. The van der Waals surface area contributed by atoms with Crippen LogP contribution in [0.15, 0.2) is 36.7 Å². The summed E-state index contributed by atoms with van der Waals surface area (Å²) in [6.07, 6.45) is 3.38. The van der Waals surface area contributed by atoms with Crippen LogP contribution in [-0.2, 0) is 9.53 Å². The van der Waals surface area contributed by atoms with Gasteiger partial charge in [0.25, 0.3) is 6.47 Å². The van der Waals surface area contributed by atoms with Gasteiger partial charge in [0.15, 0.2) is 0 Å². The third-order valence-corrected chi connectivity index (χ3v) is 3.80. The number of nitriles is 1. The summed E-state index contributed by atoms with van der Waals surface area (Å²) in [7, 11) is 0.